The van der Waals surface area contributed by atoms with Crippen LogP contribution in [0.15, 0.2) is 51.7 Å². The standard InChI is InChI=1S/C18H19BrN2O5/c1-11(20-18(24)13-7-8-26-10-13)17(23)21-15(9-16(22)25-2)12-3-5-14(19)6-4-12/h3-8,10-11,15H,9H2,1-2H3,(H,20,24)(H,21,23). The highest BCUT2D eigenvalue weighted by Crippen LogP contribution is 2.20. The molecule has 0 saturated heterocycles. The molecule has 2 unspecified atom stereocenters. The molecule has 2 aromatic rings. The van der Waals surface area contributed by atoms with Crippen molar-refractivity contribution in [3.63, 3.8) is 0 Å². The molecule has 8 heteroatoms. The van der Waals surface area contributed by atoms with E-state index in [1.165, 1.54) is 25.7 Å². The van der Waals surface area contributed by atoms with Crippen LogP contribution >= 0.6 is 15.9 Å². The van der Waals surface area contributed by atoms with Crippen molar-refractivity contribution < 1.29 is 23.5 Å². The van der Waals surface area contributed by atoms with Crippen LogP contribution in [0, 0.1) is 0 Å². The number of hydrogen-bond donors (Lipinski definition) is 2. The Morgan fingerprint density at radius 1 is 1.15 bits per heavy atom. The Bertz CT molecular complexity index is 758. The summed E-state index contributed by atoms with van der Waals surface area (Å²) in [6, 6.07) is 7.36. The normalized spacial score (nSPS) is 12.7. The van der Waals surface area contributed by atoms with Gasteiger partial charge in [-0.05, 0) is 30.7 Å². The van der Waals surface area contributed by atoms with Crippen molar-refractivity contribution in [1.82, 2.24) is 10.6 Å². The number of ether oxygens (including phenoxy) is 1. The van der Waals surface area contributed by atoms with Crippen LogP contribution in [0.1, 0.15) is 35.3 Å². The predicted molar refractivity (Wildman–Crippen MR) is 97.3 cm³/mol. The number of hydrogen-bond acceptors (Lipinski definition) is 5. The van der Waals surface area contributed by atoms with Crippen molar-refractivity contribution in [2.75, 3.05) is 7.11 Å². The van der Waals surface area contributed by atoms with Gasteiger partial charge in [-0.3, -0.25) is 14.4 Å². The topological polar surface area (TPSA) is 97.6 Å². The molecule has 0 fully saturated rings. The fraction of sp³-hybridized carbons (Fsp3) is 0.278. The Kier molecular flexibility index (Phi) is 6.97. The highest BCUT2D eigenvalue weighted by molar-refractivity contribution is 9.10. The zero-order chi connectivity index (χ0) is 19.1. The molecule has 1 heterocycles. The van der Waals surface area contributed by atoms with Crippen LogP contribution in [0.3, 0.4) is 0 Å². The van der Waals surface area contributed by atoms with Gasteiger partial charge in [-0.25, -0.2) is 0 Å². The molecule has 1 aromatic heterocycles. The van der Waals surface area contributed by atoms with E-state index in [-0.39, 0.29) is 6.42 Å². The van der Waals surface area contributed by atoms with E-state index in [4.69, 9.17) is 9.15 Å². The molecule has 0 aliphatic heterocycles. The number of rotatable bonds is 7. The number of carbonyl (C=O) groups excluding carboxylic acids is 3. The predicted octanol–water partition coefficient (Wildman–Crippen LogP) is 2.58. The second kappa shape index (κ2) is 9.19. The molecule has 2 atom stereocenters. The van der Waals surface area contributed by atoms with Gasteiger partial charge in [0.1, 0.15) is 12.3 Å². The molecule has 0 aliphatic rings. The Morgan fingerprint density at radius 3 is 2.42 bits per heavy atom. The molecule has 0 aliphatic carbocycles. The number of methoxy groups -OCH3 is 1. The average Bonchev–Trinajstić information content (AvgIpc) is 3.16. The van der Waals surface area contributed by atoms with E-state index in [1.54, 1.807) is 19.1 Å². The lowest BCUT2D eigenvalue weighted by Gasteiger charge is -2.21. The van der Waals surface area contributed by atoms with E-state index in [1.807, 2.05) is 12.1 Å². The van der Waals surface area contributed by atoms with Crippen LogP contribution in [0.2, 0.25) is 0 Å². The summed E-state index contributed by atoms with van der Waals surface area (Å²) < 4.78 is 10.4. The number of amides is 2. The minimum absolute atomic E-state index is 0.0216. The van der Waals surface area contributed by atoms with Crippen LogP contribution in [0.25, 0.3) is 0 Å². The van der Waals surface area contributed by atoms with Crippen LogP contribution in [0.5, 0.6) is 0 Å². The third kappa shape index (κ3) is 5.45. The van der Waals surface area contributed by atoms with Gasteiger partial charge in [0.2, 0.25) is 5.91 Å². The second-order valence-corrected chi connectivity index (χ2v) is 6.52. The molecule has 2 rings (SSSR count). The number of carbonyl (C=O) groups is 3. The first kappa shape index (κ1) is 19.7. The molecule has 0 saturated carbocycles. The maximum absolute atomic E-state index is 12.5. The quantitative estimate of drug-likeness (QED) is 0.668. The SMILES string of the molecule is COC(=O)CC(NC(=O)C(C)NC(=O)c1ccoc1)c1ccc(Br)cc1. The summed E-state index contributed by atoms with van der Waals surface area (Å²) >= 11 is 3.35. The second-order valence-electron chi connectivity index (χ2n) is 5.60. The molecule has 0 radical (unpaired) electrons. The Morgan fingerprint density at radius 2 is 1.85 bits per heavy atom. The number of esters is 1. The highest BCUT2D eigenvalue weighted by atomic mass is 79.9. The van der Waals surface area contributed by atoms with Gasteiger partial charge in [0.15, 0.2) is 0 Å². The third-order valence-corrected chi connectivity index (χ3v) is 4.24. The van der Waals surface area contributed by atoms with Crippen molar-refractivity contribution in [2.45, 2.75) is 25.4 Å². The van der Waals surface area contributed by atoms with Crippen LogP contribution in [-0.2, 0) is 14.3 Å². The summed E-state index contributed by atoms with van der Waals surface area (Å²) in [4.78, 5) is 36.1. The molecule has 0 bridgehead atoms. The largest absolute Gasteiger partial charge is 0.472 e. The Balaban J connectivity index is 2.05. The Labute approximate surface area is 159 Å². The summed E-state index contributed by atoms with van der Waals surface area (Å²) in [6.07, 6.45) is 2.65. The number of furan rings is 1. The molecular formula is C18H19BrN2O5. The number of benzene rings is 1. The maximum atomic E-state index is 12.5. The molecule has 2 amide bonds. The highest BCUT2D eigenvalue weighted by Gasteiger charge is 2.23. The number of halogens is 1. The third-order valence-electron chi connectivity index (χ3n) is 3.71. The van der Waals surface area contributed by atoms with E-state index in [2.05, 4.69) is 26.6 Å². The van der Waals surface area contributed by atoms with E-state index in [0.717, 1.165) is 10.0 Å². The summed E-state index contributed by atoms with van der Waals surface area (Å²) in [5.41, 5.74) is 1.07. The van der Waals surface area contributed by atoms with Gasteiger partial charge in [0, 0.05) is 4.47 Å². The summed E-state index contributed by atoms with van der Waals surface area (Å²) in [5.74, 6) is -1.29. The zero-order valence-electron chi connectivity index (χ0n) is 14.3. The minimum Gasteiger partial charge on any atom is -0.472 e. The monoisotopic (exact) mass is 422 g/mol. The lowest BCUT2D eigenvalue weighted by molar-refractivity contribution is -0.141. The van der Waals surface area contributed by atoms with Gasteiger partial charge in [-0.1, -0.05) is 28.1 Å². The van der Waals surface area contributed by atoms with Crippen molar-refractivity contribution in [2.24, 2.45) is 0 Å². The molecule has 0 spiro atoms. The first-order chi connectivity index (χ1) is 12.4. The van der Waals surface area contributed by atoms with Gasteiger partial charge < -0.3 is 19.8 Å². The molecule has 1 aromatic carbocycles. The van der Waals surface area contributed by atoms with Crippen LogP contribution in [-0.4, -0.2) is 30.9 Å². The van der Waals surface area contributed by atoms with Gasteiger partial charge in [-0.2, -0.15) is 0 Å². The number of nitrogens with one attached hydrogen (secondary N) is 2. The zero-order valence-corrected chi connectivity index (χ0v) is 15.9. The van der Waals surface area contributed by atoms with E-state index in [0.29, 0.717) is 5.56 Å². The van der Waals surface area contributed by atoms with Crippen LogP contribution in [0.4, 0.5) is 0 Å². The molecule has 138 valence electrons. The maximum Gasteiger partial charge on any atom is 0.307 e. The van der Waals surface area contributed by atoms with E-state index >= 15 is 0 Å². The van der Waals surface area contributed by atoms with Crippen molar-refractivity contribution in [3.05, 3.63) is 58.5 Å². The summed E-state index contributed by atoms with van der Waals surface area (Å²) in [7, 11) is 1.29. The van der Waals surface area contributed by atoms with Crippen LogP contribution < -0.4 is 10.6 Å². The fourth-order valence-electron chi connectivity index (χ4n) is 2.23. The van der Waals surface area contributed by atoms with Crippen molar-refractivity contribution in [1.29, 1.82) is 0 Å². The lowest BCUT2D eigenvalue weighted by atomic mass is 10.0. The van der Waals surface area contributed by atoms with E-state index < -0.39 is 29.9 Å². The van der Waals surface area contributed by atoms with Gasteiger partial charge in [-0.15, -0.1) is 0 Å². The van der Waals surface area contributed by atoms with Crippen molar-refractivity contribution in [3.8, 4) is 0 Å². The summed E-state index contributed by atoms with van der Waals surface area (Å²) in [6.45, 7) is 1.56. The lowest BCUT2D eigenvalue weighted by Crippen LogP contribution is -2.46. The van der Waals surface area contributed by atoms with E-state index in [9.17, 15) is 14.4 Å². The first-order valence-corrected chi connectivity index (χ1v) is 8.65. The average molecular weight is 423 g/mol. The van der Waals surface area contributed by atoms with Gasteiger partial charge in [0.05, 0.1) is 31.4 Å². The molecule has 2 N–H and O–H groups in total. The smallest absolute Gasteiger partial charge is 0.307 e. The minimum atomic E-state index is -0.798. The fourth-order valence-corrected chi connectivity index (χ4v) is 2.50. The molecule has 26 heavy (non-hydrogen) atoms. The summed E-state index contributed by atoms with van der Waals surface area (Å²) in [5, 5.41) is 5.36. The molecular weight excluding hydrogens is 404 g/mol. The Hall–Kier alpha value is -2.61. The molecule has 7 nitrogen and oxygen atoms in total. The van der Waals surface area contributed by atoms with Gasteiger partial charge >= 0.3 is 5.97 Å². The first-order valence-electron chi connectivity index (χ1n) is 7.86. The van der Waals surface area contributed by atoms with Crippen molar-refractivity contribution >= 4 is 33.7 Å². The van der Waals surface area contributed by atoms with Gasteiger partial charge in [0.25, 0.3) is 5.91 Å².